The van der Waals surface area contributed by atoms with Crippen molar-refractivity contribution in [3.63, 3.8) is 0 Å². The Bertz CT molecular complexity index is 503. The molecule has 2 rings (SSSR count). The molecule has 1 aliphatic carbocycles. The average molecular weight is 324 g/mol. The van der Waals surface area contributed by atoms with Gasteiger partial charge in [0.1, 0.15) is 5.78 Å². The number of carbonyl (C=O) groups is 2. The minimum atomic E-state index is 0.0370. The molecule has 3 nitrogen and oxygen atoms in total. The molecule has 0 N–H and O–H groups in total. The van der Waals surface area contributed by atoms with Crippen LogP contribution in [0.1, 0.15) is 41.6 Å². The second kappa shape index (κ2) is 5.87. The molecule has 1 aromatic carbocycles. The summed E-state index contributed by atoms with van der Waals surface area (Å²) in [7, 11) is 1.83. The highest BCUT2D eigenvalue weighted by molar-refractivity contribution is 9.10. The van der Waals surface area contributed by atoms with Crippen molar-refractivity contribution in [2.75, 3.05) is 7.05 Å². The number of halogens is 1. The molecule has 102 valence electrons. The Kier molecular flexibility index (Phi) is 4.40. The Morgan fingerprint density at radius 2 is 1.95 bits per heavy atom. The molecule has 1 amide bonds. The van der Waals surface area contributed by atoms with Crippen molar-refractivity contribution in [1.82, 2.24) is 4.90 Å². The maximum absolute atomic E-state index is 12.4. The number of benzene rings is 1. The molecule has 0 aliphatic heterocycles. The van der Waals surface area contributed by atoms with Crippen LogP contribution in [-0.2, 0) is 4.79 Å². The molecular weight excluding hydrogens is 306 g/mol. The first-order valence-electron chi connectivity index (χ1n) is 6.54. The van der Waals surface area contributed by atoms with Crippen molar-refractivity contribution < 1.29 is 9.59 Å². The Labute approximate surface area is 122 Å². The molecule has 0 saturated heterocycles. The van der Waals surface area contributed by atoms with Gasteiger partial charge >= 0.3 is 0 Å². The summed E-state index contributed by atoms with van der Waals surface area (Å²) in [6.07, 6.45) is 2.77. The highest BCUT2D eigenvalue weighted by Gasteiger charge is 2.25. The van der Waals surface area contributed by atoms with E-state index in [0.29, 0.717) is 24.2 Å². The van der Waals surface area contributed by atoms with Crippen LogP contribution in [0.4, 0.5) is 0 Å². The van der Waals surface area contributed by atoms with Crippen LogP contribution in [0.5, 0.6) is 0 Å². The zero-order chi connectivity index (χ0) is 14.0. The van der Waals surface area contributed by atoms with Gasteiger partial charge in [0.15, 0.2) is 0 Å². The van der Waals surface area contributed by atoms with Crippen molar-refractivity contribution in [2.45, 2.75) is 38.6 Å². The van der Waals surface area contributed by atoms with E-state index in [2.05, 4.69) is 15.9 Å². The van der Waals surface area contributed by atoms with Crippen LogP contribution in [0.2, 0.25) is 0 Å². The quantitative estimate of drug-likeness (QED) is 0.837. The molecule has 1 fully saturated rings. The van der Waals surface area contributed by atoms with Gasteiger partial charge in [0.05, 0.1) is 0 Å². The van der Waals surface area contributed by atoms with Gasteiger partial charge in [-0.05, 0) is 43.5 Å². The number of rotatable bonds is 2. The molecule has 0 aromatic heterocycles. The van der Waals surface area contributed by atoms with Gasteiger partial charge < -0.3 is 4.90 Å². The normalized spacial score (nSPS) is 16.5. The van der Waals surface area contributed by atoms with Gasteiger partial charge in [0, 0.05) is 36.0 Å². The van der Waals surface area contributed by atoms with Gasteiger partial charge in [0.2, 0.25) is 0 Å². The van der Waals surface area contributed by atoms with E-state index in [1.54, 1.807) is 4.90 Å². The maximum atomic E-state index is 12.4. The van der Waals surface area contributed by atoms with E-state index in [1.807, 2.05) is 32.2 Å². The standard InChI is InChI=1S/C15H18BrNO2/c1-10-9-11(3-8-14(10)16)15(19)17(2)12-4-6-13(18)7-5-12/h3,8-9,12H,4-7H2,1-2H3. The first-order valence-corrected chi connectivity index (χ1v) is 7.33. The molecule has 0 bridgehead atoms. The molecule has 0 heterocycles. The van der Waals surface area contributed by atoms with Crippen molar-refractivity contribution in [2.24, 2.45) is 0 Å². The topological polar surface area (TPSA) is 37.4 Å². The zero-order valence-electron chi connectivity index (χ0n) is 11.3. The van der Waals surface area contributed by atoms with E-state index in [-0.39, 0.29) is 11.9 Å². The number of amides is 1. The number of aryl methyl sites for hydroxylation is 1. The predicted molar refractivity (Wildman–Crippen MR) is 78.2 cm³/mol. The SMILES string of the molecule is Cc1cc(C(=O)N(C)C2CCC(=O)CC2)ccc1Br. The fraction of sp³-hybridized carbons (Fsp3) is 0.467. The third kappa shape index (κ3) is 3.24. The van der Waals surface area contributed by atoms with Crippen molar-refractivity contribution >= 4 is 27.6 Å². The van der Waals surface area contributed by atoms with Crippen molar-refractivity contribution in [3.8, 4) is 0 Å². The van der Waals surface area contributed by atoms with E-state index in [4.69, 9.17) is 0 Å². The lowest BCUT2D eigenvalue weighted by molar-refractivity contribution is -0.121. The van der Waals surface area contributed by atoms with Gasteiger partial charge in [-0.1, -0.05) is 15.9 Å². The Hall–Kier alpha value is -1.16. The Balaban J connectivity index is 2.10. The van der Waals surface area contributed by atoms with E-state index < -0.39 is 0 Å². The van der Waals surface area contributed by atoms with Gasteiger partial charge in [0.25, 0.3) is 5.91 Å². The van der Waals surface area contributed by atoms with Crippen LogP contribution in [0, 0.1) is 6.92 Å². The second-order valence-electron chi connectivity index (χ2n) is 5.15. The van der Waals surface area contributed by atoms with E-state index in [0.717, 1.165) is 22.9 Å². The van der Waals surface area contributed by atoms with E-state index >= 15 is 0 Å². The van der Waals surface area contributed by atoms with Crippen LogP contribution < -0.4 is 0 Å². The highest BCUT2D eigenvalue weighted by Crippen LogP contribution is 2.23. The number of hydrogen-bond acceptors (Lipinski definition) is 2. The summed E-state index contributed by atoms with van der Waals surface area (Å²) in [6.45, 7) is 1.97. The Morgan fingerprint density at radius 1 is 1.32 bits per heavy atom. The zero-order valence-corrected chi connectivity index (χ0v) is 12.9. The summed E-state index contributed by atoms with van der Waals surface area (Å²) >= 11 is 3.44. The number of carbonyl (C=O) groups excluding carboxylic acids is 2. The molecule has 0 atom stereocenters. The van der Waals surface area contributed by atoms with Gasteiger partial charge in [-0.2, -0.15) is 0 Å². The van der Waals surface area contributed by atoms with Gasteiger partial charge in [-0.25, -0.2) is 0 Å². The monoisotopic (exact) mass is 323 g/mol. The summed E-state index contributed by atoms with van der Waals surface area (Å²) in [5.41, 5.74) is 1.76. The molecule has 1 saturated carbocycles. The molecular formula is C15H18BrNO2. The smallest absolute Gasteiger partial charge is 0.253 e. The van der Waals surface area contributed by atoms with Crippen LogP contribution in [0.3, 0.4) is 0 Å². The Morgan fingerprint density at radius 3 is 2.53 bits per heavy atom. The first-order chi connectivity index (χ1) is 8.99. The molecule has 1 aliphatic rings. The fourth-order valence-corrected chi connectivity index (χ4v) is 2.71. The lowest BCUT2D eigenvalue weighted by Gasteiger charge is -2.30. The molecule has 4 heteroatoms. The maximum Gasteiger partial charge on any atom is 0.253 e. The van der Waals surface area contributed by atoms with Gasteiger partial charge in [-0.3, -0.25) is 9.59 Å². The third-order valence-corrected chi connectivity index (χ3v) is 4.68. The minimum Gasteiger partial charge on any atom is -0.339 e. The lowest BCUT2D eigenvalue weighted by Crippen LogP contribution is -2.39. The van der Waals surface area contributed by atoms with Crippen molar-refractivity contribution in [1.29, 1.82) is 0 Å². The fourth-order valence-electron chi connectivity index (χ4n) is 2.46. The third-order valence-electron chi connectivity index (χ3n) is 3.79. The lowest BCUT2D eigenvalue weighted by atomic mass is 9.93. The molecule has 0 radical (unpaired) electrons. The summed E-state index contributed by atoms with van der Waals surface area (Å²) < 4.78 is 1.01. The second-order valence-corrected chi connectivity index (χ2v) is 6.00. The first kappa shape index (κ1) is 14.3. The minimum absolute atomic E-state index is 0.0370. The average Bonchev–Trinajstić information content (AvgIpc) is 2.41. The number of nitrogens with zero attached hydrogens (tertiary/aromatic N) is 1. The van der Waals surface area contributed by atoms with Crippen LogP contribution in [0.15, 0.2) is 22.7 Å². The molecule has 19 heavy (non-hydrogen) atoms. The van der Waals surface area contributed by atoms with Crippen LogP contribution >= 0.6 is 15.9 Å². The van der Waals surface area contributed by atoms with Crippen molar-refractivity contribution in [3.05, 3.63) is 33.8 Å². The highest BCUT2D eigenvalue weighted by atomic mass is 79.9. The molecule has 1 aromatic rings. The number of ketones is 1. The predicted octanol–water partition coefficient (Wildman–Crippen LogP) is 3.34. The van der Waals surface area contributed by atoms with E-state index in [9.17, 15) is 9.59 Å². The molecule has 0 spiro atoms. The number of hydrogen-bond donors (Lipinski definition) is 0. The van der Waals surface area contributed by atoms with Crippen LogP contribution in [-0.4, -0.2) is 29.7 Å². The van der Waals surface area contributed by atoms with Crippen LogP contribution in [0.25, 0.3) is 0 Å². The summed E-state index contributed by atoms with van der Waals surface area (Å²) in [6, 6.07) is 5.83. The summed E-state index contributed by atoms with van der Waals surface area (Å²) in [5, 5.41) is 0. The molecule has 0 unspecified atom stereocenters. The largest absolute Gasteiger partial charge is 0.339 e. The summed E-state index contributed by atoms with van der Waals surface area (Å²) in [4.78, 5) is 25.4. The number of Topliss-reactive ketones (excluding diaryl/α,β-unsaturated/α-hetero) is 1. The van der Waals surface area contributed by atoms with E-state index in [1.165, 1.54) is 0 Å². The summed E-state index contributed by atoms with van der Waals surface area (Å²) in [5.74, 6) is 0.353. The van der Waals surface area contributed by atoms with Gasteiger partial charge in [-0.15, -0.1) is 0 Å².